The number of benzene rings is 2. The number of aliphatic carboxylic acids is 1. The smallest absolute Gasteiger partial charge is 0.312 e. The van der Waals surface area contributed by atoms with Gasteiger partial charge in [-0.2, -0.15) is 0 Å². The van der Waals surface area contributed by atoms with Crippen molar-refractivity contribution in [3.63, 3.8) is 0 Å². The summed E-state index contributed by atoms with van der Waals surface area (Å²) in [7, 11) is 0. The summed E-state index contributed by atoms with van der Waals surface area (Å²) < 4.78 is 0. The number of carbonyl (C=O) groups excluding carboxylic acids is 1. The molecule has 0 aromatic heterocycles. The van der Waals surface area contributed by atoms with Crippen molar-refractivity contribution in [2.75, 3.05) is 0 Å². The fourth-order valence-electron chi connectivity index (χ4n) is 3.78. The number of azide groups is 1. The van der Waals surface area contributed by atoms with E-state index in [-0.39, 0.29) is 29.7 Å². The number of carbonyl (C=O) groups is 2. The minimum absolute atomic E-state index is 0.0837. The molecule has 0 aliphatic rings. The van der Waals surface area contributed by atoms with E-state index in [9.17, 15) is 14.7 Å². The molecule has 0 saturated heterocycles. The molecule has 170 valence electrons. The lowest BCUT2D eigenvalue weighted by Crippen LogP contribution is -2.48. The van der Waals surface area contributed by atoms with Crippen molar-refractivity contribution in [2.45, 2.75) is 70.0 Å². The van der Waals surface area contributed by atoms with Crippen LogP contribution in [0.25, 0.3) is 10.4 Å². The predicted octanol–water partition coefficient (Wildman–Crippen LogP) is 5.27. The highest BCUT2D eigenvalue weighted by atomic mass is 16.4. The van der Waals surface area contributed by atoms with Crippen LogP contribution in [0.4, 0.5) is 0 Å². The van der Waals surface area contributed by atoms with Crippen molar-refractivity contribution < 1.29 is 14.7 Å². The Morgan fingerprint density at radius 1 is 1.06 bits per heavy atom. The summed E-state index contributed by atoms with van der Waals surface area (Å²) in [5.41, 5.74) is 10.5. The molecule has 2 N–H and O–H groups in total. The van der Waals surface area contributed by atoms with Gasteiger partial charge in [-0.05, 0) is 62.6 Å². The molecular formula is C25H32N4O3. The second-order valence-corrected chi connectivity index (χ2v) is 9.04. The Kier molecular flexibility index (Phi) is 9.44. The van der Waals surface area contributed by atoms with E-state index < -0.39 is 12.0 Å². The van der Waals surface area contributed by atoms with E-state index in [2.05, 4.69) is 15.3 Å². The average Bonchev–Trinajstić information content (AvgIpc) is 2.75. The third-order valence-corrected chi connectivity index (χ3v) is 5.27. The zero-order valence-corrected chi connectivity index (χ0v) is 18.9. The van der Waals surface area contributed by atoms with Gasteiger partial charge in [0.05, 0.1) is 6.04 Å². The lowest BCUT2D eigenvalue weighted by molar-refractivity contribution is -0.138. The van der Waals surface area contributed by atoms with Crippen molar-refractivity contribution in [3.8, 4) is 0 Å². The normalized spacial score (nSPS) is 14.1. The van der Waals surface area contributed by atoms with Gasteiger partial charge in [-0.3, -0.25) is 9.59 Å². The van der Waals surface area contributed by atoms with Gasteiger partial charge in [-0.15, -0.1) is 0 Å². The number of nitrogens with zero attached hydrogens (tertiary/aromatic N) is 3. The second-order valence-electron chi connectivity index (χ2n) is 9.04. The Balaban J connectivity index is 2.17. The van der Waals surface area contributed by atoms with E-state index in [0.29, 0.717) is 19.3 Å². The molecular weight excluding hydrogens is 404 g/mol. The van der Waals surface area contributed by atoms with Gasteiger partial charge in [0, 0.05) is 16.9 Å². The minimum Gasteiger partial charge on any atom is -0.481 e. The van der Waals surface area contributed by atoms with Gasteiger partial charge >= 0.3 is 5.97 Å². The molecule has 7 heteroatoms. The van der Waals surface area contributed by atoms with Crippen molar-refractivity contribution in [1.82, 2.24) is 5.32 Å². The lowest BCUT2D eigenvalue weighted by atomic mass is 9.86. The summed E-state index contributed by atoms with van der Waals surface area (Å²) in [5.74, 6) is -1.29. The Morgan fingerprint density at radius 3 is 2.19 bits per heavy atom. The fourth-order valence-corrected chi connectivity index (χ4v) is 3.78. The van der Waals surface area contributed by atoms with Crippen LogP contribution in [0.15, 0.2) is 65.8 Å². The molecule has 0 fully saturated rings. The maximum Gasteiger partial charge on any atom is 0.312 e. The Morgan fingerprint density at radius 2 is 1.66 bits per heavy atom. The third-order valence-electron chi connectivity index (χ3n) is 5.27. The van der Waals surface area contributed by atoms with E-state index in [0.717, 1.165) is 11.1 Å². The molecule has 7 nitrogen and oxygen atoms in total. The van der Waals surface area contributed by atoms with Crippen LogP contribution < -0.4 is 5.32 Å². The molecule has 1 unspecified atom stereocenters. The molecule has 3 atom stereocenters. The van der Waals surface area contributed by atoms with Crippen LogP contribution in [0, 0.1) is 0 Å². The van der Waals surface area contributed by atoms with E-state index in [1.54, 1.807) is 0 Å². The first kappa shape index (κ1) is 25.1. The number of Topliss-reactive ketones (excluding diaryl/α,β-unsaturated/α-hetero) is 1. The van der Waals surface area contributed by atoms with Crippen molar-refractivity contribution in [1.29, 1.82) is 0 Å². The first-order valence-electron chi connectivity index (χ1n) is 10.9. The fraction of sp³-hybridized carbons (Fsp3) is 0.440. The summed E-state index contributed by atoms with van der Waals surface area (Å²) in [4.78, 5) is 27.4. The topological polar surface area (TPSA) is 115 Å². The number of nitrogens with one attached hydrogen (secondary N) is 1. The molecule has 2 aromatic rings. The van der Waals surface area contributed by atoms with Gasteiger partial charge < -0.3 is 10.4 Å². The van der Waals surface area contributed by atoms with Crippen LogP contribution in [0.2, 0.25) is 0 Å². The first-order chi connectivity index (χ1) is 15.2. The molecule has 0 radical (unpaired) electrons. The molecule has 0 bridgehead atoms. The van der Waals surface area contributed by atoms with Gasteiger partial charge in [0.2, 0.25) is 0 Å². The van der Waals surface area contributed by atoms with Gasteiger partial charge in [-0.1, -0.05) is 65.8 Å². The minimum atomic E-state index is -1.17. The number of rotatable bonds is 12. The Bertz CT molecular complexity index is 917. The molecule has 2 aromatic carbocycles. The first-order valence-corrected chi connectivity index (χ1v) is 10.9. The highest BCUT2D eigenvalue weighted by Crippen LogP contribution is 2.28. The van der Waals surface area contributed by atoms with Gasteiger partial charge in [-0.25, -0.2) is 0 Å². The SMILES string of the molecule is CC(C)(C)N[C@@H](Cc1ccccc1)C(=O)CCC(C[C@H](N=[N+]=[N-])C(=O)O)c1ccccc1. The lowest BCUT2D eigenvalue weighted by Gasteiger charge is -2.28. The second kappa shape index (κ2) is 12.0. The van der Waals surface area contributed by atoms with E-state index in [1.165, 1.54) is 0 Å². The maximum absolute atomic E-state index is 13.2. The van der Waals surface area contributed by atoms with Crippen LogP contribution in [0.5, 0.6) is 0 Å². The number of ketones is 1. The molecule has 0 aliphatic carbocycles. The van der Waals surface area contributed by atoms with E-state index >= 15 is 0 Å². The summed E-state index contributed by atoms with van der Waals surface area (Å²) in [6.45, 7) is 6.09. The largest absolute Gasteiger partial charge is 0.481 e. The maximum atomic E-state index is 13.2. The quantitative estimate of drug-likeness (QED) is 0.268. The highest BCUT2D eigenvalue weighted by molar-refractivity contribution is 5.84. The molecule has 0 spiro atoms. The standard InChI is InChI=1S/C25H32N4O3/c1-25(2,3)27-21(16-18-10-6-4-7-11-18)23(30)15-14-20(19-12-8-5-9-13-19)17-22(24(31)32)28-29-26/h4-13,20-22,27H,14-17H2,1-3H3,(H,31,32)/t20?,21-,22-/m0/s1. The summed E-state index contributed by atoms with van der Waals surface area (Å²) in [6.07, 6.45) is 1.50. The molecule has 0 saturated carbocycles. The van der Waals surface area contributed by atoms with Crippen LogP contribution in [-0.2, 0) is 16.0 Å². The average molecular weight is 437 g/mol. The number of carboxylic acids is 1. The summed E-state index contributed by atoms with van der Waals surface area (Å²) in [5, 5.41) is 16.3. The van der Waals surface area contributed by atoms with Crippen LogP contribution in [0.1, 0.15) is 57.1 Å². The van der Waals surface area contributed by atoms with Crippen molar-refractivity contribution in [3.05, 3.63) is 82.2 Å². The molecule has 0 amide bonds. The molecule has 0 aliphatic heterocycles. The third kappa shape index (κ3) is 8.53. The summed E-state index contributed by atoms with van der Waals surface area (Å²) in [6, 6.07) is 17.8. The molecule has 32 heavy (non-hydrogen) atoms. The van der Waals surface area contributed by atoms with Gasteiger partial charge in [0.1, 0.15) is 11.8 Å². The zero-order valence-electron chi connectivity index (χ0n) is 18.9. The van der Waals surface area contributed by atoms with E-state index in [4.69, 9.17) is 5.53 Å². The molecule has 2 rings (SSSR count). The number of hydrogen-bond donors (Lipinski definition) is 2. The summed E-state index contributed by atoms with van der Waals surface area (Å²) >= 11 is 0. The monoisotopic (exact) mass is 436 g/mol. The predicted molar refractivity (Wildman–Crippen MR) is 125 cm³/mol. The van der Waals surface area contributed by atoms with Crippen LogP contribution >= 0.6 is 0 Å². The molecule has 0 heterocycles. The zero-order chi connectivity index (χ0) is 23.6. The van der Waals surface area contributed by atoms with Gasteiger partial charge in [0.15, 0.2) is 0 Å². The number of carboxylic acid groups (broad SMARTS) is 1. The van der Waals surface area contributed by atoms with E-state index in [1.807, 2.05) is 81.4 Å². The number of hydrogen-bond acceptors (Lipinski definition) is 4. The van der Waals surface area contributed by atoms with Crippen molar-refractivity contribution in [2.24, 2.45) is 5.11 Å². The van der Waals surface area contributed by atoms with Crippen LogP contribution in [-0.4, -0.2) is 34.5 Å². The van der Waals surface area contributed by atoms with Crippen LogP contribution in [0.3, 0.4) is 0 Å². The Labute approximate surface area is 189 Å². The van der Waals surface area contributed by atoms with Crippen molar-refractivity contribution >= 4 is 11.8 Å². The van der Waals surface area contributed by atoms with Gasteiger partial charge in [0.25, 0.3) is 0 Å². The Hall–Kier alpha value is -3.15. The highest BCUT2D eigenvalue weighted by Gasteiger charge is 2.27.